The Kier molecular flexibility index (Phi) is 5.55. The van der Waals surface area contributed by atoms with Gasteiger partial charge in [-0.05, 0) is 5.97 Å². The van der Waals surface area contributed by atoms with Crippen LogP contribution in [0.15, 0.2) is 0 Å². The lowest BCUT2D eigenvalue weighted by Gasteiger charge is -2.32. The second-order valence-electron chi connectivity index (χ2n) is 4.10. The highest BCUT2D eigenvalue weighted by molar-refractivity contribution is 6.79. The van der Waals surface area contributed by atoms with Gasteiger partial charge in [-0.15, -0.1) is 0 Å². The van der Waals surface area contributed by atoms with E-state index < -0.39 is 8.07 Å². The molecule has 62 valence electrons. The van der Waals surface area contributed by atoms with Gasteiger partial charge in [0.2, 0.25) is 7.85 Å². The molecule has 0 rings (SSSR count). The molecule has 0 aliphatic carbocycles. The number of nitriles is 1. The molecule has 0 aliphatic rings. The molecule has 0 fully saturated rings. The summed E-state index contributed by atoms with van der Waals surface area (Å²) in [6.45, 7) is 11.1. The lowest BCUT2D eigenvalue weighted by atomic mass is 10.2. The highest BCUT2D eigenvalue weighted by Crippen LogP contribution is 2.15. The summed E-state index contributed by atoms with van der Waals surface area (Å²) in [4.78, 5) is 0. The van der Waals surface area contributed by atoms with Crippen LogP contribution in [0.5, 0.6) is 0 Å². The molecule has 0 aromatic carbocycles. The number of hydrogen-bond donors (Lipinski definition) is 1. The molecular formula is C7H17BN2Si. The number of hydrogen-bond acceptors (Lipinski definition) is 2. The van der Waals surface area contributed by atoms with Gasteiger partial charge in [-0.3, -0.25) is 0 Å². The first-order chi connectivity index (χ1) is 4.66. The summed E-state index contributed by atoms with van der Waals surface area (Å²) < 4.78 is 0. The van der Waals surface area contributed by atoms with Gasteiger partial charge in [0.15, 0.2) is 0 Å². The van der Waals surface area contributed by atoms with Gasteiger partial charge >= 0.3 is 0 Å². The first-order valence-corrected chi connectivity index (χ1v) is 7.05. The number of nitrogens with two attached hydrogens (primary N) is 1. The third kappa shape index (κ3) is 7.63. The Balaban J connectivity index is 0. The smallest absolute Gasteiger partial charge is 0.229 e. The van der Waals surface area contributed by atoms with Crippen LogP contribution < -0.4 is 5.73 Å². The average Bonchev–Trinajstić information content (AvgIpc) is 1.60. The molecule has 0 spiro atoms. The Morgan fingerprint density at radius 2 is 1.45 bits per heavy atom. The van der Waals surface area contributed by atoms with Crippen molar-refractivity contribution in [3.8, 4) is 5.97 Å². The first kappa shape index (κ1) is 13.3. The molecule has 2 radical (unpaired) electrons. The molecule has 2 nitrogen and oxygen atoms in total. The molecule has 0 saturated heterocycles. The van der Waals surface area contributed by atoms with Crippen LogP contribution in [0.3, 0.4) is 0 Å². The summed E-state index contributed by atoms with van der Waals surface area (Å²) >= 11 is 0. The SMILES string of the molecule is CC(C)(N)[Si](C)(C)C.[B]C#N. The molecule has 0 aromatic rings. The molecule has 0 aliphatic heterocycles. The largest absolute Gasteiger partial charge is 0.328 e. The lowest BCUT2D eigenvalue weighted by molar-refractivity contribution is 0.701. The molecular weight excluding hydrogens is 151 g/mol. The number of nitrogens with zero attached hydrogens (tertiary/aromatic N) is 1. The molecule has 0 aromatic heterocycles. The zero-order chi connectivity index (χ0) is 9.71. The van der Waals surface area contributed by atoms with E-state index in [1.807, 2.05) is 0 Å². The van der Waals surface area contributed by atoms with Gasteiger partial charge in [0.25, 0.3) is 0 Å². The fraction of sp³-hybridized carbons (Fsp3) is 0.857. The quantitative estimate of drug-likeness (QED) is 0.599. The van der Waals surface area contributed by atoms with Crippen LogP contribution in [0, 0.1) is 11.2 Å². The van der Waals surface area contributed by atoms with Gasteiger partial charge in [0.1, 0.15) is 0 Å². The van der Waals surface area contributed by atoms with E-state index in [1.165, 1.54) is 5.97 Å². The first-order valence-electron chi connectivity index (χ1n) is 3.55. The topological polar surface area (TPSA) is 49.8 Å². The lowest BCUT2D eigenvalue weighted by Crippen LogP contribution is -2.54. The molecule has 0 unspecified atom stereocenters. The summed E-state index contributed by atoms with van der Waals surface area (Å²) in [7, 11) is 3.07. The summed E-state index contributed by atoms with van der Waals surface area (Å²) in [6.07, 6.45) is 0. The van der Waals surface area contributed by atoms with Gasteiger partial charge in [-0.1, -0.05) is 33.5 Å². The van der Waals surface area contributed by atoms with E-state index in [9.17, 15) is 0 Å². The minimum absolute atomic E-state index is 0.0764. The van der Waals surface area contributed by atoms with Crippen LogP contribution in [0.2, 0.25) is 19.6 Å². The Labute approximate surface area is 72.2 Å². The highest BCUT2D eigenvalue weighted by Gasteiger charge is 2.29. The monoisotopic (exact) mass is 168 g/mol. The van der Waals surface area contributed by atoms with E-state index >= 15 is 0 Å². The van der Waals surface area contributed by atoms with Crippen LogP contribution in [0.25, 0.3) is 0 Å². The van der Waals surface area contributed by atoms with Gasteiger partial charge < -0.3 is 5.73 Å². The second-order valence-corrected chi connectivity index (χ2v) is 9.89. The third-order valence-electron chi connectivity index (χ3n) is 1.93. The minimum Gasteiger partial charge on any atom is -0.328 e. The fourth-order valence-corrected chi connectivity index (χ4v) is 0. The van der Waals surface area contributed by atoms with Crippen molar-refractivity contribution in [1.29, 1.82) is 5.26 Å². The van der Waals surface area contributed by atoms with Crippen LogP contribution in [-0.2, 0) is 0 Å². The normalized spacial score (nSPS) is 11.0. The van der Waals surface area contributed by atoms with Crippen molar-refractivity contribution in [2.24, 2.45) is 5.73 Å². The van der Waals surface area contributed by atoms with E-state index in [0.717, 1.165) is 0 Å². The van der Waals surface area contributed by atoms with Gasteiger partial charge in [0.05, 0.1) is 8.07 Å². The Hall–Kier alpha value is -0.268. The van der Waals surface area contributed by atoms with Gasteiger partial charge in [0, 0.05) is 5.16 Å². The zero-order valence-corrected chi connectivity index (χ0v) is 9.10. The summed E-state index contributed by atoms with van der Waals surface area (Å²) in [5, 5.41) is 7.17. The van der Waals surface area contributed by atoms with Crippen molar-refractivity contribution in [3.05, 3.63) is 0 Å². The molecule has 0 bridgehead atoms. The molecule has 11 heavy (non-hydrogen) atoms. The van der Waals surface area contributed by atoms with Crippen molar-refractivity contribution in [2.45, 2.75) is 38.7 Å². The van der Waals surface area contributed by atoms with Crippen LogP contribution in [0.1, 0.15) is 13.8 Å². The maximum absolute atomic E-state index is 7.10. The van der Waals surface area contributed by atoms with Crippen molar-refractivity contribution >= 4 is 15.9 Å². The van der Waals surface area contributed by atoms with Crippen molar-refractivity contribution in [3.63, 3.8) is 0 Å². The van der Waals surface area contributed by atoms with Crippen LogP contribution in [0.4, 0.5) is 0 Å². The Morgan fingerprint density at radius 3 is 1.45 bits per heavy atom. The van der Waals surface area contributed by atoms with Crippen LogP contribution in [-0.4, -0.2) is 21.1 Å². The molecule has 2 N–H and O–H groups in total. The summed E-state index contributed by atoms with van der Waals surface area (Å²) in [5.74, 6) is 1.25. The van der Waals surface area contributed by atoms with Crippen LogP contribution >= 0.6 is 0 Å². The van der Waals surface area contributed by atoms with Crippen molar-refractivity contribution in [1.82, 2.24) is 0 Å². The van der Waals surface area contributed by atoms with E-state index in [0.29, 0.717) is 0 Å². The second kappa shape index (κ2) is 4.58. The van der Waals surface area contributed by atoms with E-state index in [2.05, 4.69) is 41.3 Å². The fourth-order valence-electron chi connectivity index (χ4n) is 0. The third-order valence-corrected chi connectivity index (χ3v) is 5.80. The Morgan fingerprint density at radius 1 is 1.36 bits per heavy atom. The average molecular weight is 168 g/mol. The molecule has 0 heterocycles. The van der Waals surface area contributed by atoms with E-state index in [1.54, 1.807) is 0 Å². The van der Waals surface area contributed by atoms with E-state index in [4.69, 9.17) is 11.0 Å². The predicted molar refractivity (Wildman–Crippen MR) is 53.0 cm³/mol. The zero-order valence-electron chi connectivity index (χ0n) is 8.10. The van der Waals surface area contributed by atoms with Gasteiger partial charge in [-0.25, -0.2) is 5.26 Å². The molecule has 0 amide bonds. The Bertz CT molecular complexity index is 126. The van der Waals surface area contributed by atoms with E-state index in [-0.39, 0.29) is 5.16 Å². The summed E-state index contributed by atoms with van der Waals surface area (Å²) in [5.41, 5.74) is 5.87. The number of rotatable bonds is 1. The molecule has 4 heteroatoms. The maximum Gasteiger partial charge on any atom is 0.229 e. The van der Waals surface area contributed by atoms with Crippen molar-refractivity contribution < 1.29 is 0 Å². The maximum atomic E-state index is 7.10. The summed E-state index contributed by atoms with van der Waals surface area (Å²) in [6, 6.07) is 0. The molecule has 0 saturated carbocycles. The molecule has 0 atom stereocenters. The minimum atomic E-state index is -1.08. The standard InChI is InChI=1S/C6H17NSi.CBN/c1-6(2,7)8(3,4)5;2-1-3/h7H2,1-5H3;. The van der Waals surface area contributed by atoms with Crippen molar-refractivity contribution in [2.75, 3.05) is 0 Å². The predicted octanol–water partition coefficient (Wildman–Crippen LogP) is 1.24. The highest BCUT2D eigenvalue weighted by atomic mass is 28.3. The van der Waals surface area contributed by atoms with Gasteiger partial charge in [-0.2, -0.15) is 0 Å².